The predicted octanol–water partition coefficient (Wildman–Crippen LogP) is 2.87. The molecule has 2 rings (SSSR count). The van der Waals surface area contributed by atoms with E-state index in [1.165, 1.54) is 0 Å². The van der Waals surface area contributed by atoms with E-state index in [4.69, 9.17) is 9.94 Å². The number of anilines is 1. The molecule has 0 bridgehead atoms. The highest BCUT2D eigenvalue weighted by Gasteiger charge is 2.05. The fourth-order valence-electron chi connectivity index (χ4n) is 1.95. The lowest BCUT2D eigenvalue weighted by atomic mass is 10.1. The molecule has 2 amide bonds. The molecule has 6 nitrogen and oxygen atoms in total. The molecule has 2 aromatic rings. The summed E-state index contributed by atoms with van der Waals surface area (Å²) in [7, 11) is 0. The molecule has 0 fully saturated rings. The molecule has 0 unspecified atom stereocenters. The standard InChI is InChI=1S/C17H18N2O4/c20-16(19-22)11-8-13-6-9-15(10-7-13)18-17(21)23-12-14-4-2-1-3-5-14/h1-7,9-10,22H,8,11-12H2,(H,18,21)(H,19,20). The van der Waals surface area contributed by atoms with E-state index >= 15 is 0 Å². The van der Waals surface area contributed by atoms with Crippen LogP contribution < -0.4 is 10.8 Å². The topological polar surface area (TPSA) is 87.7 Å². The van der Waals surface area contributed by atoms with Crippen LogP contribution >= 0.6 is 0 Å². The Labute approximate surface area is 134 Å². The van der Waals surface area contributed by atoms with Gasteiger partial charge in [-0.15, -0.1) is 0 Å². The van der Waals surface area contributed by atoms with Crippen LogP contribution in [0, 0.1) is 0 Å². The number of carbonyl (C=O) groups is 2. The van der Waals surface area contributed by atoms with Crippen LogP contribution in [0.15, 0.2) is 54.6 Å². The van der Waals surface area contributed by atoms with E-state index in [-0.39, 0.29) is 13.0 Å². The first-order valence-electron chi connectivity index (χ1n) is 7.17. The average Bonchev–Trinajstić information content (AvgIpc) is 2.60. The minimum absolute atomic E-state index is 0.197. The number of rotatable bonds is 6. The zero-order chi connectivity index (χ0) is 16.5. The van der Waals surface area contributed by atoms with Crippen LogP contribution in [-0.2, 0) is 22.6 Å². The summed E-state index contributed by atoms with van der Waals surface area (Å²) in [5, 5.41) is 11.1. The van der Waals surface area contributed by atoms with Gasteiger partial charge in [0.15, 0.2) is 0 Å². The minimum atomic E-state index is -0.527. The summed E-state index contributed by atoms with van der Waals surface area (Å²) in [6.45, 7) is 0.209. The highest BCUT2D eigenvalue weighted by Crippen LogP contribution is 2.12. The van der Waals surface area contributed by atoms with E-state index in [2.05, 4.69) is 5.32 Å². The Morgan fingerprint density at radius 3 is 2.30 bits per heavy atom. The Bertz CT molecular complexity index is 641. The molecule has 0 saturated heterocycles. The zero-order valence-corrected chi connectivity index (χ0v) is 12.5. The van der Waals surface area contributed by atoms with Gasteiger partial charge in [-0.25, -0.2) is 10.3 Å². The SMILES string of the molecule is O=C(CCc1ccc(NC(=O)OCc2ccccc2)cc1)NO. The molecular formula is C17H18N2O4. The lowest BCUT2D eigenvalue weighted by Crippen LogP contribution is -2.18. The summed E-state index contributed by atoms with van der Waals surface area (Å²) in [6, 6.07) is 16.5. The summed E-state index contributed by atoms with van der Waals surface area (Å²) in [5.41, 5.74) is 4.04. The van der Waals surface area contributed by atoms with Crippen molar-refractivity contribution in [3.63, 3.8) is 0 Å². The number of hydroxylamine groups is 1. The van der Waals surface area contributed by atoms with E-state index in [0.29, 0.717) is 12.1 Å². The van der Waals surface area contributed by atoms with Gasteiger partial charge in [-0.2, -0.15) is 0 Å². The zero-order valence-electron chi connectivity index (χ0n) is 12.5. The van der Waals surface area contributed by atoms with Crippen molar-refractivity contribution in [3.05, 3.63) is 65.7 Å². The van der Waals surface area contributed by atoms with Crippen LogP contribution in [0.5, 0.6) is 0 Å². The lowest BCUT2D eigenvalue weighted by molar-refractivity contribution is -0.129. The van der Waals surface area contributed by atoms with Crippen molar-refractivity contribution < 1.29 is 19.5 Å². The Morgan fingerprint density at radius 1 is 0.957 bits per heavy atom. The number of hydrogen-bond acceptors (Lipinski definition) is 4. The van der Waals surface area contributed by atoms with Gasteiger partial charge in [0.1, 0.15) is 6.61 Å². The fourth-order valence-corrected chi connectivity index (χ4v) is 1.95. The summed E-state index contributed by atoms with van der Waals surface area (Å²) in [6.07, 6.45) is 0.175. The fraction of sp³-hybridized carbons (Fsp3) is 0.176. The minimum Gasteiger partial charge on any atom is -0.444 e. The third kappa shape index (κ3) is 5.80. The van der Waals surface area contributed by atoms with Gasteiger partial charge >= 0.3 is 6.09 Å². The summed E-state index contributed by atoms with van der Waals surface area (Å²) < 4.78 is 5.13. The van der Waals surface area contributed by atoms with Gasteiger partial charge in [0.25, 0.3) is 0 Å². The largest absolute Gasteiger partial charge is 0.444 e. The third-order valence-corrected chi connectivity index (χ3v) is 3.18. The van der Waals surface area contributed by atoms with Crippen molar-refractivity contribution in [1.82, 2.24) is 5.48 Å². The third-order valence-electron chi connectivity index (χ3n) is 3.18. The molecule has 0 heterocycles. The number of amides is 2. The monoisotopic (exact) mass is 314 g/mol. The van der Waals surface area contributed by atoms with Crippen molar-refractivity contribution in [1.29, 1.82) is 0 Å². The van der Waals surface area contributed by atoms with E-state index in [1.54, 1.807) is 29.7 Å². The first-order chi connectivity index (χ1) is 11.2. The first kappa shape index (κ1) is 16.5. The first-order valence-corrected chi connectivity index (χ1v) is 7.17. The van der Waals surface area contributed by atoms with Crippen molar-refractivity contribution in [2.75, 3.05) is 5.32 Å². The van der Waals surface area contributed by atoms with Gasteiger partial charge in [-0.1, -0.05) is 42.5 Å². The van der Waals surface area contributed by atoms with E-state index in [9.17, 15) is 9.59 Å². The maximum Gasteiger partial charge on any atom is 0.411 e. The Balaban J connectivity index is 1.78. The summed E-state index contributed by atoms with van der Waals surface area (Å²) in [5.74, 6) is -0.434. The van der Waals surface area contributed by atoms with Gasteiger partial charge in [-0.05, 0) is 29.7 Å². The van der Waals surface area contributed by atoms with Crippen LogP contribution in [0.1, 0.15) is 17.5 Å². The van der Waals surface area contributed by atoms with E-state index < -0.39 is 12.0 Å². The number of carbonyl (C=O) groups excluding carboxylic acids is 2. The molecule has 0 aliphatic carbocycles. The van der Waals surface area contributed by atoms with Crippen LogP contribution in [0.2, 0.25) is 0 Å². The van der Waals surface area contributed by atoms with Gasteiger partial charge in [0.2, 0.25) is 5.91 Å². The van der Waals surface area contributed by atoms with Gasteiger partial charge in [-0.3, -0.25) is 15.3 Å². The molecule has 0 saturated carbocycles. The second-order valence-electron chi connectivity index (χ2n) is 4.92. The second kappa shape index (κ2) is 8.55. The van der Waals surface area contributed by atoms with Gasteiger partial charge in [0.05, 0.1) is 0 Å². The summed E-state index contributed by atoms with van der Waals surface area (Å²) in [4.78, 5) is 22.7. The van der Waals surface area contributed by atoms with Crippen molar-refractivity contribution >= 4 is 17.7 Å². The molecule has 0 atom stereocenters. The van der Waals surface area contributed by atoms with Crippen LogP contribution in [0.3, 0.4) is 0 Å². The molecule has 0 aliphatic heterocycles. The van der Waals surface area contributed by atoms with E-state index in [0.717, 1.165) is 11.1 Å². The normalized spacial score (nSPS) is 9.96. The van der Waals surface area contributed by atoms with Gasteiger partial charge in [0, 0.05) is 12.1 Å². The van der Waals surface area contributed by atoms with Crippen molar-refractivity contribution in [3.8, 4) is 0 Å². The van der Waals surface area contributed by atoms with Crippen molar-refractivity contribution in [2.45, 2.75) is 19.4 Å². The molecule has 0 aliphatic rings. The molecule has 6 heteroatoms. The summed E-state index contributed by atoms with van der Waals surface area (Å²) >= 11 is 0. The number of nitrogens with one attached hydrogen (secondary N) is 2. The number of benzene rings is 2. The molecule has 0 aromatic heterocycles. The molecule has 3 N–H and O–H groups in total. The van der Waals surface area contributed by atoms with Crippen molar-refractivity contribution in [2.24, 2.45) is 0 Å². The Hall–Kier alpha value is -2.86. The maximum atomic E-state index is 11.7. The van der Waals surface area contributed by atoms with Crippen LogP contribution in [0.4, 0.5) is 10.5 Å². The predicted molar refractivity (Wildman–Crippen MR) is 84.9 cm³/mol. The number of ether oxygens (including phenoxy) is 1. The molecule has 2 aromatic carbocycles. The maximum absolute atomic E-state index is 11.7. The quantitative estimate of drug-likeness (QED) is 0.565. The molecule has 0 spiro atoms. The second-order valence-corrected chi connectivity index (χ2v) is 4.92. The average molecular weight is 314 g/mol. The van der Waals surface area contributed by atoms with Crippen LogP contribution in [0.25, 0.3) is 0 Å². The Kier molecular flexibility index (Phi) is 6.14. The molecular weight excluding hydrogens is 296 g/mol. The van der Waals surface area contributed by atoms with Gasteiger partial charge < -0.3 is 4.74 Å². The van der Waals surface area contributed by atoms with Crippen LogP contribution in [-0.4, -0.2) is 17.2 Å². The molecule has 0 radical (unpaired) electrons. The lowest BCUT2D eigenvalue weighted by Gasteiger charge is -2.08. The Morgan fingerprint density at radius 2 is 1.65 bits per heavy atom. The number of aryl methyl sites for hydroxylation is 1. The smallest absolute Gasteiger partial charge is 0.411 e. The molecule has 23 heavy (non-hydrogen) atoms. The molecule has 120 valence electrons. The highest BCUT2D eigenvalue weighted by molar-refractivity contribution is 5.84. The number of hydrogen-bond donors (Lipinski definition) is 3. The van der Waals surface area contributed by atoms with E-state index in [1.807, 2.05) is 30.3 Å². The highest BCUT2D eigenvalue weighted by atomic mass is 16.5.